The summed E-state index contributed by atoms with van der Waals surface area (Å²) in [5.74, 6) is 0.826. The molecule has 0 bridgehead atoms. The van der Waals surface area contributed by atoms with Gasteiger partial charge in [0.2, 0.25) is 11.8 Å². The summed E-state index contributed by atoms with van der Waals surface area (Å²) in [7, 11) is 1.51. The Morgan fingerprint density at radius 2 is 1.78 bits per heavy atom. The monoisotopic (exact) mass is 393 g/mol. The number of hydrogen-bond donors (Lipinski definition) is 1. The molecule has 0 unspecified atom stereocenters. The van der Waals surface area contributed by atoms with Gasteiger partial charge in [0.15, 0.2) is 0 Å². The molecule has 27 heavy (non-hydrogen) atoms. The first-order valence-corrected chi connectivity index (χ1v) is 10.3. The molecule has 1 saturated heterocycles. The maximum absolute atomic E-state index is 13.0. The fraction of sp³-hybridized carbons (Fsp3) is 0.526. The summed E-state index contributed by atoms with van der Waals surface area (Å²) >= 11 is 1.63. The number of carbonyl (C=O) groups is 3. The topological polar surface area (TPSA) is 79.0 Å². The smallest absolute Gasteiger partial charge is 0.255 e. The van der Waals surface area contributed by atoms with Crippen molar-refractivity contribution in [2.45, 2.75) is 19.4 Å². The van der Waals surface area contributed by atoms with Crippen molar-refractivity contribution in [3.63, 3.8) is 0 Å². The fourth-order valence-electron chi connectivity index (χ4n) is 3.02. The standard InChI is InChI=1S/C19H27N3O4S/c1-14(23)21-9-11-22(12-10-21)19(25)16(8-13-27-3)20-18(24)15-6-4-5-7-17(15)26-2/h4-7,16H,8-13H2,1-3H3,(H,20,24)/t16-/m1/s1. The molecule has 1 heterocycles. The Morgan fingerprint density at radius 3 is 2.37 bits per heavy atom. The first kappa shape index (κ1) is 21.1. The number of thioether (sulfide) groups is 1. The molecule has 0 aromatic heterocycles. The van der Waals surface area contributed by atoms with E-state index in [1.165, 1.54) is 14.0 Å². The number of para-hydroxylation sites is 1. The van der Waals surface area contributed by atoms with E-state index in [9.17, 15) is 14.4 Å². The second-order valence-corrected chi connectivity index (χ2v) is 7.32. The summed E-state index contributed by atoms with van der Waals surface area (Å²) in [4.78, 5) is 40.6. The summed E-state index contributed by atoms with van der Waals surface area (Å²) in [6.07, 6.45) is 2.52. The van der Waals surface area contributed by atoms with Crippen LogP contribution in [0.1, 0.15) is 23.7 Å². The molecule has 8 heteroatoms. The Morgan fingerprint density at radius 1 is 1.15 bits per heavy atom. The zero-order valence-electron chi connectivity index (χ0n) is 16.1. The normalized spacial score (nSPS) is 15.2. The lowest BCUT2D eigenvalue weighted by Gasteiger charge is -2.36. The molecule has 0 spiro atoms. The molecule has 1 aromatic rings. The van der Waals surface area contributed by atoms with Gasteiger partial charge in [0.1, 0.15) is 11.8 Å². The second-order valence-electron chi connectivity index (χ2n) is 6.34. The van der Waals surface area contributed by atoms with Crippen molar-refractivity contribution in [3.05, 3.63) is 29.8 Å². The van der Waals surface area contributed by atoms with Crippen LogP contribution in [0.25, 0.3) is 0 Å². The third-order valence-corrected chi connectivity index (χ3v) is 5.25. The highest BCUT2D eigenvalue weighted by Crippen LogP contribution is 2.18. The van der Waals surface area contributed by atoms with Crippen LogP contribution in [0, 0.1) is 0 Å². The quantitative estimate of drug-likeness (QED) is 0.754. The number of nitrogens with zero attached hydrogens (tertiary/aromatic N) is 2. The van der Waals surface area contributed by atoms with Crippen LogP contribution >= 0.6 is 11.8 Å². The molecule has 1 aromatic carbocycles. The van der Waals surface area contributed by atoms with Crippen LogP contribution in [-0.2, 0) is 9.59 Å². The maximum atomic E-state index is 13.0. The SMILES string of the molecule is COc1ccccc1C(=O)N[C@H](CCSC)C(=O)N1CCN(C(C)=O)CC1. The van der Waals surface area contributed by atoms with Crippen LogP contribution in [-0.4, -0.2) is 78.9 Å². The molecule has 1 N–H and O–H groups in total. The molecule has 2 rings (SSSR count). The number of piperazine rings is 1. The van der Waals surface area contributed by atoms with Gasteiger partial charge in [0.05, 0.1) is 12.7 Å². The van der Waals surface area contributed by atoms with Crippen molar-refractivity contribution in [2.24, 2.45) is 0 Å². The summed E-state index contributed by atoms with van der Waals surface area (Å²) in [6, 6.07) is 6.35. The lowest BCUT2D eigenvalue weighted by molar-refractivity contribution is -0.139. The Bertz CT molecular complexity index is 675. The van der Waals surface area contributed by atoms with Gasteiger partial charge < -0.3 is 19.9 Å². The molecule has 0 radical (unpaired) electrons. The number of amides is 3. The first-order valence-electron chi connectivity index (χ1n) is 8.95. The van der Waals surface area contributed by atoms with E-state index >= 15 is 0 Å². The zero-order valence-corrected chi connectivity index (χ0v) is 16.9. The minimum atomic E-state index is -0.598. The van der Waals surface area contributed by atoms with Gasteiger partial charge >= 0.3 is 0 Å². The van der Waals surface area contributed by atoms with Crippen molar-refractivity contribution >= 4 is 29.5 Å². The minimum absolute atomic E-state index is 0.0190. The number of methoxy groups -OCH3 is 1. The Balaban J connectivity index is 2.07. The Kier molecular flexibility index (Phi) is 7.97. The summed E-state index contributed by atoms with van der Waals surface area (Å²) in [5, 5.41) is 2.87. The number of carbonyl (C=O) groups excluding carboxylic acids is 3. The van der Waals surface area contributed by atoms with Gasteiger partial charge in [-0.15, -0.1) is 0 Å². The average Bonchev–Trinajstić information content (AvgIpc) is 2.70. The molecular formula is C19H27N3O4S. The molecule has 1 atom stereocenters. The highest BCUT2D eigenvalue weighted by atomic mass is 32.2. The minimum Gasteiger partial charge on any atom is -0.496 e. The van der Waals surface area contributed by atoms with E-state index in [1.54, 1.807) is 45.8 Å². The van der Waals surface area contributed by atoms with Crippen LogP contribution in [0.5, 0.6) is 5.75 Å². The molecule has 1 aliphatic heterocycles. The lowest BCUT2D eigenvalue weighted by atomic mass is 10.1. The van der Waals surface area contributed by atoms with Crippen molar-refractivity contribution in [1.82, 2.24) is 15.1 Å². The van der Waals surface area contributed by atoms with Gasteiger partial charge in [-0.2, -0.15) is 11.8 Å². The van der Waals surface area contributed by atoms with Gasteiger partial charge in [-0.05, 0) is 30.6 Å². The van der Waals surface area contributed by atoms with Crippen LogP contribution in [0.2, 0.25) is 0 Å². The molecule has 1 fully saturated rings. The Labute approximate surface area is 164 Å². The summed E-state index contributed by atoms with van der Waals surface area (Å²) < 4.78 is 5.24. The molecule has 0 aliphatic carbocycles. The highest BCUT2D eigenvalue weighted by Gasteiger charge is 2.29. The molecular weight excluding hydrogens is 366 g/mol. The van der Waals surface area contributed by atoms with Crippen molar-refractivity contribution in [1.29, 1.82) is 0 Å². The second kappa shape index (κ2) is 10.2. The van der Waals surface area contributed by atoms with Gasteiger partial charge in [-0.25, -0.2) is 0 Å². The number of ether oxygens (including phenoxy) is 1. The van der Waals surface area contributed by atoms with Gasteiger partial charge in [-0.3, -0.25) is 14.4 Å². The molecule has 3 amide bonds. The van der Waals surface area contributed by atoms with E-state index in [-0.39, 0.29) is 17.7 Å². The molecule has 7 nitrogen and oxygen atoms in total. The van der Waals surface area contributed by atoms with E-state index in [2.05, 4.69) is 5.32 Å². The van der Waals surface area contributed by atoms with E-state index < -0.39 is 6.04 Å². The molecule has 1 aliphatic rings. The first-order chi connectivity index (χ1) is 13.0. The van der Waals surface area contributed by atoms with Crippen LogP contribution in [0.15, 0.2) is 24.3 Å². The van der Waals surface area contributed by atoms with Gasteiger partial charge in [-0.1, -0.05) is 12.1 Å². The van der Waals surface area contributed by atoms with Crippen LogP contribution in [0.3, 0.4) is 0 Å². The van der Waals surface area contributed by atoms with Gasteiger partial charge in [0, 0.05) is 33.1 Å². The third kappa shape index (κ3) is 5.63. The predicted molar refractivity (Wildman–Crippen MR) is 106 cm³/mol. The number of nitrogens with one attached hydrogen (secondary N) is 1. The predicted octanol–water partition coefficient (Wildman–Crippen LogP) is 1.24. The van der Waals surface area contributed by atoms with Crippen molar-refractivity contribution in [2.75, 3.05) is 45.3 Å². The highest BCUT2D eigenvalue weighted by molar-refractivity contribution is 7.98. The largest absolute Gasteiger partial charge is 0.496 e. The molecule has 148 valence electrons. The van der Waals surface area contributed by atoms with Crippen molar-refractivity contribution < 1.29 is 19.1 Å². The maximum Gasteiger partial charge on any atom is 0.255 e. The molecule has 0 saturated carbocycles. The Hall–Kier alpha value is -2.22. The summed E-state index contributed by atoms with van der Waals surface area (Å²) in [6.45, 7) is 3.55. The van der Waals surface area contributed by atoms with E-state index in [0.29, 0.717) is 43.9 Å². The third-order valence-electron chi connectivity index (χ3n) is 4.60. The number of benzene rings is 1. The van der Waals surface area contributed by atoms with Crippen LogP contribution in [0.4, 0.5) is 0 Å². The summed E-state index contributed by atoms with van der Waals surface area (Å²) in [5.41, 5.74) is 0.406. The van der Waals surface area contributed by atoms with E-state index in [0.717, 1.165) is 5.75 Å². The van der Waals surface area contributed by atoms with Crippen LogP contribution < -0.4 is 10.1 Å². The zero-order chi connectivity index (χ0) is 19.8. The van der Waals surface area contributed by atoms with Gasteiger partial charge in [0.25, 0.3) is 5.91 Å². The number of rotatable bonds is 7. The lowest BCUT2D eigenvalue weighted by Crippen LogP contribution is -2.55. The van der Waals surface area contributed by atoms with E-state index in [1.807, 2.05) is 6.26 Å². The fourth-order valence-corrected chi connectivity index (χ4v) is 3.49. The number of hydrogen-bond acceptors (Lipinski definition) is 5. The van der Waals surface area contributed by atoms with E-state index in [4.69, 9.17) is 4.74 Å². The van der Waals surface area contributed by atoms with Crippen molar-refractivity contribution in [3.8, 4) is 5.75 Å². The average molecular weight is 394 g/mol.